The van der Waals surface area contributed by atoms with Crippen LogP contribution >= 0.6 is 0 Å². The van der Waals surface area contributed by atoms with E-state index in [1.807, 2.05) is 0 Å². The zero-order valence-electron chi connectivity index (χ0n) is 14.6. The molecule has 8 nitrogen and oxygen atoms in total. The molecule has 0 saturated heterocycles. The number of hydrogen-bond acceptors (Lipinski definition) is 6. The normalized spacial score (nSPS) is 12.6. The van der Waals surface area contributed by atoms with Crippen molar-refractivity contribution in [3.63, 3.8) is 0 Å². The second kappa shape index (κ2) is 8.26. The lowest BCUT2D eigenvalue weighted by molar-refractivity contribution is -0.385. The van der Waals surface area contributed by atoms with E-state index < -0.39 is 21.1 Å². The molecule has 0 bridgehead atoms. The Hall–Kier alpha value is -2.49. The van der Waals surface area contributed by atoms with E-state index in [4.69, 9.17) is 9.47 Å². The molecule has 1 N–H and O–H groups in total. The van der Waals surface area contributed by atoms with Crippen LogP contribution in [0.5, 0.6) is 5.75 Å². The summed E-state index contributed by atoms with van der Waals surface area (Å²) in [5.74, 6) is 0.627. The minimum Gasteiger partial charge on any atom is -0.497 e. The van der Waals surface area contributed by atoms with Gasteiger partial charge in [0, 0.05) is 25.8 Å². The first-order chi connectivity index (χ1) is 12.3. The maximum Gasteiger partial charge on any atom is 0.270 e. The van der Waals surface area contributed by atoms with E-state index in [2.05, 4.69) is 4.72 Å². The third-order valence-electron chi connectivity index (χ3n) is 3.88. The zero-order valence-corrected chi connectivity index (χ0v) is 15.4. The fraction of sp³-hybridized carbons (Fsp3) is 0.294. The van der Waals surface area contributed by atoms with Crippen molar-refractivity contribution >= 4 is 15.7 Å². The summed E-state index contributed by atoms with van der Waals surface area (Å²) in [6, 6.07) is 10.8. The number of nitro groups is 1. The van der Waals surface area contributed by atoms with Gasteiger partial charge in [0.15, 0.2) is 0 Å². The van der Waals surface area contributed by atoms with Crippen LogP contribution in [0.1, 0.15) is 17.2 Å². The highest BCUT2D eigenvalue weighted by Gasteiger charge is 2.22. The average molecular weight is 380 g/mol. The zero-order chi connectivity index (χ0) is 19.3. The maximum absolute atomic E-state index is 12.6. The number of non-ortho nitro benzene ring substituents is 1. The number of aryl methyl sites for hydroxylation is 1. The predicted molar refractivity (Wildman–Crippen MR) is 95.8 cm³/mol. The molecule has 0 radical (unpaired) electrons. The molecule has 0 spiro atoms. The Bertz CT molecular complexity index is 898. The van der Waals surface area contributed by atoms with Crippen LogP contribution in [0.15, 0.2) is 47.4 Å². The standard InChI is InChI=1S/C17H20N2O6S/c1-12-7-8-14(19(20)21)10-17(12)26(22,23)18-11-16(25-3)13-5-4-6-15(9-13)24-2/h4-10,16,18H,11H2,1-3H3. The molecule has 0 aromatic heterocycles. The highest BCUT2D eigenvalue weighted by atomic mass is 32.2. The van der Waals surface area contributed by atoms with Gasteiger partial charge in [0.25, 0.3) is 5.69 Å². The largest absolute Gasteiger partial charge is 0.497 e. The van der Waals surface area contributed by atoms with Crippen LogP contribution in [0.4, 0.5) is 5.69 Å². The molecule has 0 aliphatic rings. The number of sulfonamides is 1. The quantitative estimate of drug-likeness (QED) is 0.557. The Kier molecular flexibility index (Phi) is 6.30. The molecule has 1 atom stereocenters. The van der Waals surface area contributed by atoms with E-state index in [9.17, 15) is 18.5 Å². The van der Waals surface area contributed by atoms with Crippen LogP contribution in [0.25, 0.3) is 0 Å². The lowest BCUT2D eigenvalue weighted by Gasteiger charge is -2.18. The molecule has 0 aliphatic heterocycles. The van der Waals surface area contributed by atoms with Crippen molar-refractivity contribution in [2.45, 2.75) is 17.9 Å². The van der Waals surface area contributed by atoms with Crippen LogP contribution in [0.2, 0.25) is 0 Å². The molecule has 1 unspecified atom stereocenters. The van der Waals surface area contributed by atoms with E-state index in [1.54, 1.807) is 31.2 Å². The number of rotatable bonds is 8. The molecule has 9 heteroatoms. The van der Waals surface area contributed by atoms with Gasteiger partial charge in [-0.2, -0.15) is 0 Å². The Morgan fingerprint density at radius 3 is 2.54 bits per heavy atom. The fourth-order valence-electron chi connectivity index (χ4n) is 2.43. The highest BCUT2D eigenvalue weighted by molar-refractivity contribution is 7.89. The SMILES string of the molecule is COc1cccc(C(CNS(=O)(=O)c2cc([N+](=O)[O-])ccc2C)OC)c1. The maximum atomic E-state index is 12.6. The molecule has 2 rings (SSSR count). The van der Waals surface area contributed by atoms with Gasteiger partial charge in [-0.25, -0.2) is 13.1 Å². The average Bonchev–Trinajstić information content (AvgIpc) is 2.62. The number of nitrogens with zero attached hydrogens (tertiary/aromatic N) is 1. The lowest BCUT2D eigenvalue weighted by Crippen LogP contribution is -2.29. The summed E-state index contributed by atoms with van der Waals surface area (Å²) in [6.45, 7) is 1.54. The molecule has 2 aromatic rings. The number of nitrogens with one attached hydrogen (secondary N) is 1. The van der Waals surface area contributed by atoms with Crippen LogP contribution in [-0.4, -0.2) is 34.1 Å². The predicted octanol–water partition coefficient (Wildman–Crippen LogP) is 2.58. The van der Waals surface area contributed by atoms with Gasteiger partial charge < -0.3 is 9.47 Å². The van der Waals surface area contributed by atoms with Crippen molar-refractivity contribution in [3.8, 4) is 5.75 Å². The summed E-state index contributed by atoms with van der Waals surface area (Å²) in [4.78, 5) is 10.1. The Balaban J connectivity index is 2.23. The minimum atomic E-state index is -3.94. The first-order valence-electron chi connectivity index (χ1n) is 7.70. The van der Waals surface area contributed by atoms with Crippen molar-refractivity contribution < 1.29 is 22.8 Å². The summed E-state index contributed by atoms with van der Waals surface area (Å²) in [5, 5.41) is 10.9. The van der Waals surface area contributed by atoms with Gasteiger partial charge in [-0.05, 0) is 30.2 Å². The Morgan fingerprint density at radius 1 is 1.19 bits per heavy atom. The van der Waals surface area contributed by atoms with Gasteiger partial charge >= 0.3 is 0 Å². The number of ether oxygens (including phenoxy) is 2. The smallest absolute Gasteiger partial charge is 0.270 e. The second-order valence-electron chi connectivity index (χ2n) is 5.56. The van der Waals surface area contributed by atoms with Crippen molar-refractivity contribution in [3.05, 3.63) is 63.7 Å². The summed E-state index contributed by atoms with van der Waals surface area (Å²) in [7, 11) is -0.936. The third kappa shape index (κ3) is 4.57. The van der Waals surface area contributed by atoms with Crippen molar-refractivity contribution in [2.24, 2.45) is 0 Å². The molecule has 26 heavy (non-hydrogen) atoms. The molecule has 2 aromatic carbocycles. The number of nitro benzene ring substituents is 1. The monoisotopic (exact) mass is 380 g/mol. The lowest BCUT2D eigenvalue weighted by atomic mass is 10.1. The van der Waals surface area contributed by atoms with Gasteiger partial charge in [-0.1, -0.05) is 18.2 Å². The van der Waals surface area contributed by atoms with Crippen molar-refractivity contribution in [1.29, 1.82) is 0 Å². The first-order valence-corrected chi connectivity index (χ1v) is 9.18. The Morgan fingerprint density at radius 2 is 1.92 bits per heavy atom. The number of hydrogen-bond donors (Lipinski definition) is 1. The second-order valence-corrected chi connectivity index (χ2v) is 7.30. The van der Waals surface area contributed by atoms with Crippen LogP contribution in [0, 0.1) is 17.0 Å². The molecule has 0 heterocycles. The van der Waals surface area contributed by atoms with E-state index >= 15 is 0 Å². The van der Waals surface area contributed by atoms with E-state index in [-0.39, 0.29) is 17.1 Å². The van der Waals surface area contributed by atoms with Gasteiger partial charge in [0.05, 0.1) is 23.0 Å². The van der Waals surface area contributed by atoms with Gasteiger partial charge in [-0.3, -0.25) is 10.1 Å². The highest BCUT2D eigenvalue weighted by Crippen LogP contribution is 2.24. The molecule has 0 amide bonds. The summed E-state index contributed by atoms with van der Waals surface area (Å²) in [5.41, 5.74) is 0.871. The molecule has 0 saturated carbocycles. The Labute approximate surface area is 152 Å². The van der Waals surface area contributed by atoms with Crippen LogP contribution in [-0.2, 0) is 14.8 Å². The summed E-state index contributed by atoms with van der Waals surface area (Å²) in [6.07, 6.45) is -0.543. The van der Waals surface area contributed by atoms with Crippen LogP contribution in [0.3, 0.4) is 0 Å². The number of benzene rings is 2. The van der Waals surface area contributed by atoms with Gasteiger partial charge in [0.1, 0.15) is 5.75 Å². The first kappa shape index (κ1) is 19.8. The molecule has 0 fully saturated rings. The van der Waals surface area contributed by atoms with Gasteiger partial charge in [-0.15, -0.1) is 0 Å². The molecular formula is C17H20N2O6S. The fourth-order valence-corrected chi connectivity index (χ4v) is 3.73. The van der Waals surface area contributed by atoms with Gasteiger partial charge in [0.2, 0.25) is 10.0 Å². The van der Waals surface area contributed by atoms with Crippen molar-refractivity contribution in [1.82, 2.24) is 4.72 Å². The topological polar surface area (TPSA) is 108 Å². The summed E-state index contributed by atoms with van der Waals surface area (Å²) >= 11 is 0. The summed E-state index contributed by atoms with van der Waals surface area (Å²) < 4.78 is 38.2. The van der Waals surface area contributed by atoms with E-state index in [1.165, 1.54) is 26.4 Å². The van der Waals surface area contributed by atoms with Crippen LogP contribution < -0.4 is 9.46 Å². The number of methoxy groups -OCH3 is 2. The van der Waals surface area contributed by atoms with E-state index in [0.29, 0.717) is 11.3 Å². The molecule has 0 aliphatic carbocycles. The minimum absolute atomic E-state index is 0.0336. The van der Waals surface area contributed by atoms with Crippen molar-refractivity contribution in [2.75, 3.05) is 20.8 Å². The van der Waals surface area contributed by atoms with E-state index in [0.717, 1.165) is 11.6 Å². The third-order valence-corrected chi connectivity index (χ3v) is 5.45. The molecular weight excluding hydrogens is 360 g/mol. The molecule has 140 valence electrons.